The monoisotopic (exact) mass is 167 g/mol. The van der Waals surface area contributed by atoms with Crippen LogP contribution in [0.5, 0.6) is 0 Å². The highest BCUT2D eigenvalue weighted by atomic mass is 16.5. The van der Waals surface area contributed by atoms with Crippen LogP contribution in [0.3, 0.4) is 0 Å². The van der Waals surface area contributed by atoms with Gasteiger partial charge in [-0.25, -0.2) is 0 Å². The van der Waals surface area contributed by atoms with Crippen molar-refractivity contribution < 1.29 is 10.2 Å². The molecule has 0 bridgehead atoms. The maximum atomic E-state index is 9.29. The van der Waals surface area contributed by atoms with Crippen molar-refractivity contribution in [1.29, 1.82) is 0 Å². The first-order chi connectivity index (χ1) is 5.43. The largest absolute Gasteiger partial charge is 0.399 e. The molecule has 3 nitrogen and oxygen atoms in total. The molecule has 0 fully saturated rings. The van der Waals surface area contributed by atoms with Crippen LogP contribution in [0.15, 0.2) is 18.2 Å². The van der Waals surface area contributed by atoms with Gasteiger partial charge in [-0.05, 0) is 25.5 Å². The molecular weight excluding hydrogens is 154 g/mol. The quantitative estimate of drug-likeness (QED) is 0.427. The second-order valence-corrected chi connectivity index (χ2v) is 3.04. The van der Waals surface area contributed by atoms with E-state index in [-0.39, 0.29) is 0 Å². The summed E-state index contributed by atoms with van der Waals surface area (Å²) in [6, 6.07) is 5.07. The van der Waals surface area contributed by atoms with E-state index in [1.54, 1.807) is 25.1 Å². The first kappa shape index (κ1) is 9.03. The van der Waals surface area contributed by atoms with Gasteiger partial charge in [0.05, 0.1) is 0 Å². The Morgan fingerprint density at radius 3 is 2.33 bits per heavy atom. The molecule has 0 saturated heterocycles. The SMILES string of the molecule is Cc1c(N)cccc1C(C)(O)O. The summed E-state index contributed by atoms with van der Waals surface area (Å²) >= 11 is 0. The zero-order valence-electron chi connectivity index (χ0n) is 7.20. The van der Waals surface area contributed by atoms with E-state index in [4.69, 9.17) is 5.73 Å². The topological polar surface area (TPSA) is 66.5 Å². The Labute approximate surface area is 71.5 Å². The molecule has 0 aliphatic heterocycles. The van der Waals surface area contributed by atoms with Crippen LogP contribution in [-0.2, 0) is 5.79 Å². The zero-order chi connectivity index (χ0) is 9.35. The highest BCUT2D eigenvalue weighted by Gasteiger charge is 2.20. The van der Waals surface area contributed by atoms with Gasteiger partial charge in [-0.15, -0.1) is 0 Å². The van der Waals surface area contributed by atoms with Gasteiger partial charge in [-0.3, -0.25) is 0 Å². The van der Waals surface area contributed by atoms with E-state index in [9.17, 15) is 10.2 Å². The Balaban J connectivity index is 3.26. The highest BCUT2D eigenvalue weighted by Crippen LogP contribution is 2.24. The van der Waals surface area contributed by atoms with Gasteiger partial charge >= 0.3 is 0 Å². The van der Waals surface area contributed by atoms with Gasteiger partial charge in [0.25, 0.3) is 0 Å². The lowest BCUT2D eigenvalue weighted by Gasteiger charge is -2.19. The van der Waals surface area contributed by atoms with E-state index >= 15 is 0 Å². The summed E-state index contributed by atoms with van der Waals surface area (Å²) in [7, 11) is 0. The van der Waals surface area contributed by atoms with Gasteiger partial charge in [-0.1, -0.05) is 12.1 Å². The van der Waals surface area contributed by atoms with Gasteiger partial charge in [0, 0.05) is 11.3 Å². The molecule has 0 aliphatic rings. The second kappa shape index (κ2) is 2.77. The Hall–Kier alpha value is -1.06. The van der Waals surface area contributed by atoms with Crippen molar-refractivity contribution >= 4 is 5.69 Å². The predicted octanol–water partition coefficient (Wildman–Crippen LogP) is 0.735. The number of nitrogens with two attached hydrogens (primary N) is 1. The normalized spacial score (nSPS) is 11.7. The van der Waals surface area contributed by atoms with Crippen LogP contribution in [0.2, 0.25) is 0 Å². The minimum atomic E-state index is -1.81. The zero-order valence-corrected chi connectivity index (χ0v) is 7.20. The van der Waals surface area contributed by atoms with E-state index in [1.807, 2.05) is 0 Å². The summed E-state index contributed by atoms with van der Waals surface area (Å²) < 4.78 is 0. The summed E-state index contributed by atoms with van der Waals surface area (Å²) in [5, 5.41) is 18.6. The van der Waals surface area contributed by atoms with Crippen LogP contribution < -0.4 is 5.73 Å². The first-order valence-corrected chi connectivity index (χ1v) is 3.73. The number of hydrogen-bond donors (Lipinski definition) is 3. The van der Waals surface area contributed by atoms with Crippen molar-refractivity contribution in [2.45, 2.75) is 19.6 Å². The summed E-state index contributed by atoms with van der Waals surface area (Å²) in [5.74, 6) is -1.81. The van der Waals surface area contributed by atoms with E-state index in [0.29, 0.717) is 16.8 Å². The van der Waals surface area contributed by atoms with E-state index in [1.165, 1.54) is 6.92 Å². The van der Waals surface area contributed by atoms with E-state index < -0.39 is 5.79 Å². The molecule has 0 heterocycles. The fraction of sp³-hybridized carbons (Fsp3) is 0.333. The fourth-order valence-electron chi connectivity index (χ4n) is 1.17. The average molecular weight is 167 g/mol. The van der Waals surface area contributed by atoms with Crippen LogP contribution >= 0.6 is 0 Å². The lowest BCUT2D eigenvalue weighted by Crippen LogP contribution is -2.21. The summed E-state index contributed by atoms with van der Waals surface area (Å²) in [5.41, 5.74) is 7.33. The Morgan fingerprint density at radius 1 is 1.33 bits per heavy atom. The number of benzene rings is 1. The predicted molar refractivity (Wildman–Crippen MR) is 47.4 cm³/mol. The molecule has 1 aromatic rings. The van der Waals surface area contributed by atoms with Crippen molar-refractivity contribution in [3.63, 3.8) is 0 Å². The lowest BCUT2D eigenvalue weighted by atomic mass is 10.0. The van der Waals surface area contributed by atoms with Gasteiger partial charge < -0.3 is 15.9 Å². The fourth-order valence-corrected chi connectivity index (χ4v) is 1.17. The van der Waals surface area contributed by atoms with Gasteiger partial charge in [0.1, 0.15) is 0 Å². The van der Waals surface area contributed by atoms with Crippen molar-refractivity contribution in [2.24, 2.45) is 0 Å². The van der Waals surface area contributed by atoms with Crippen LogP contribution in [0.4, 0.5) is 5.69 Å². The number of anilines is 1. The number of hydrogen-bond acceptors (Lipinski definition) is 3. The first-order valence-electron chi connectivity index (χ1n) is 3.73. The molecule has 0 atom stereocenters. The summed E-state index contributed by atoms with van der Waals surface area (Å²) in [6.45, 7) is 3.07. The number of nitrogen functional groups attached to an aromatic ring is 1. The molecule has 0 amide bonds. The van der Waals surface area contributed by atoms with Crippen LogP contribution in [0, 0.1) is 6.92 Å². The molecule has 1 rings (SSSR count). The van der Waals surface area contributed by atoms with E-state index in [2.05, 4.69) is 0 Å². The average Bonchev–Trinajstić information content (AvgIpc) is 1.92. The number of aliphatic hydroxyl groups is 2. The van der Waals surface area contributed by atoms with Crippen molar-refractivity contribution in [2.75, 3.05) is 5.73 Å². The third-order valence-electron chi connectivity index (χ3n) is 1.89. The van der Waals surface area contributed by atoms with Crippen LogP contribution in [0.25, 0.3) is 0 Å². The van der Waals surface area contributed by atoms with Crippen LogP contribution in [0.1, 0.15) is 18.1 Å². The molecule has 0 spiro atoms. The van der Waals surface area contributed by atoms with Crippen molar-refractivity contribution in [3.8, 4) is 0 Å². The molecule has 0 saturated carbocycles. The van der Waals surface area contributed by atoms with Gasteiger partial charge in [-0.2, -0.15) is 0 Å². The minimum Gasteiger partial charge on any atom is -0.399 e. The Kier molecular flexibility index (Phi) is 2.08. The number of rotatable bonds is 1. The molecule has 12 heavy (non-hydrogen) atoms. The molecule has 0 radical (unpaired) electrons. The Bertz CT molecular complexity index is 289. The second-order valence-electron chi connectivity index (χ2n) is 3.04. The molecule has 1 aromatic carbocycles. The van der Waals surface area contributed by atoms with Gasteiger partial charge in [0.15, 0.2) is 5.79 Å². The summed E-state index contributed by atoms with van der Waals surface area (Å²) in [4.78, 5) is 0. The maximum absolute atomic E-state index is 9.29. The standard InChI is InChI=1S/C9H13NO2/c1-6-7(9(2,11)12)4-3-5-8(6)10/h3-5,11-12H,10H2,1-2H3. The smallest absolute Gasteiger partial charge is 0.187 e. The third-order valence-corrected chi connectivity index (χ3v) is 1.89. The summed E-state index contributed by atoms with van der Waals surface area (Å²) in [6.07, 6.45) is 0. The molecule has 3 heteroatoms. The Morgan fingerprint density at radius 2 is 1.92 bits per heavy atom. The lowest BCUT2D eigenvalue weighted by molar-refractivity contribution is -0.153. The van der Waals surface area contributed by atoms with Crippen molar-refractivity contribution in [1.82, 2.24) is 0 Å². The maximum Gasteiger partial charge on any atom is 0.187 e. The molecular formula is C9H13NO2. The molecule has 0 unspecified atom stereocenters. The van der Waals surface area contributed by atoms with E-state index in [0.717, 1.165) is 0 Å². The highest BCUT2D eigenvalue weighted by molar-refractivity contribution is 5.51. The van der Waals surface area contributed by atoms with Crippen LogP contribution in [-0.4, -0.2) is 10.2 Å². The molecule has 0 aromatic heterocycles. The third kappa shape index (κ3) is 1.57. The molecule has 4 N–H and O–H groups in total. The van der Waals surface area contributed by atoms with Gasteiger partial charge in [0.2, 0.25) is 0 Å². The van der Waals surface area contributed by atoms with Crippen molar-refractivity contribution in [3.05, 3.63) is 29.3 Å². The molecule has 66 valence electrons. The minimum absolute atomic E-state index is 0.447. The molecule has 0 aliphatic carbocycles.